The zero-order chi connectivity index (χ0) is 17.1. The van der Waals surface area contributed by atoms with E-state index >= 15 is 0 Å². The Kier molecular flexibility index (Phi) is 4.88. The van der Waals surface area contributed by atoms with Crippen LogP contribution in [0.1, 0.15) is 49.9 Å². The van der Waals surface area contributed by atoms with Crippen LogP contribution in [0.25, 0.3) is 0 Å². The number of fused-ring (bicyclic) bond motifs is 2. The Bertz CT molecular complexity index is 694. The molecular formula is C19H24N2O3. The smallest absolute Gasteiger partial charge is 0.260 e. The monoisotopic (exact) mass is 328 g/mol. The van der Waals surface area contributed by atoms with Gasteiger partial charge in [0.05, 0.1) is 31.0 Å². The van der Waals surface area contributed by atoms with Gasteiger partial charge in [0, 0.05) is 18.5 Å². The van der Waals surface area contributed by atoms with Gasteiger partial charge in [-0.2, -0.15) is 0 Å². The van der Waals surface area contributed by atoms with Crippen LogP contribution >= 0.6 is 0 Å². The van der Waals surface area contributed by atoms with Crippen LogP contribution in [0.5, 0.6) is 11.5 Å². The number of carbonyl (C=O) groups is 1. The number of benzene rings is 1. The normalized spacial score (nSPS) is 18.8. The first-order chi connectivity index (χ1) is 11.6. The third kappa shape index (κ3) is 3.16. The molecule has 3 rings (SSSR count). The third-order valence-electron chi connectivity index (χ3n) is 4.39. The van der Waals surface area contributed by atoms with E-state index in [-0.39, 0.29) is 11.9 Å². The molecule has 0 spiro atoms. The highest BCUT2D eigenvalue weighted by Gasteiger charge is 2.31. The number of amides is 1. The minimum atomic E-state index is -0.0415. The first kappa shape index (κ1) is 16.6. The maximum Gasteiger partial charge on any atom is 0.260 e. The molecule has 2 aliphatic heterocycles. The van der Waals surface area contributed by atoms with Crippen molar-refractivity contribution in [1.29, 1.82) is 0 Å². The Morgan fingerprint density at radius 3 is 2.88 bits per heavy atom. The topological polar surface area (TPSA) is 51.1 Å². The first-order valence-corrected chi connectivity index (χ1v) is 8.53. The summed E-state index contributed by atoms with van der Waals surface area (Å²) in [6.07, 6.45) is 7.87. The molecule has 5 nitrogen and oxygen atoms in total. The van der Waals surface area contributed by atoms with E-state index in [1.165, 1.54) is 5.57 Å². The maximum atomic E-state index is 12.8. The van der Waals surface area contributed by atoms with Crippen molar-refractivity contribution in [2.75, 3.05) is 13.7 Å². The van der Waals surface area contributed by atoms with Crippen molar-refractivity contribution in [3.05, 3.63) is 29.5 Å². The van der Waals surface area contributed by atoms with Crippen LogP contribution < -0.4 is 9.47 Å². The molecule has 2 aliphatic rings. The number of aliphatic imine (C=N–C) groups is 1. The zero-order valence-corrected chi connectivity index (χ0v) is 14.5. The lowest BCUT2D eigenvalue weighted by molar-refractivity contribution is 0.0817. The van der Waals surface area contributed by atoms with E-state index in [9.17, 15) is 4.79 Å². The van der Waals surface area contributed by atoms with Gasteiger partial charge in [-0.1, -0.05) is 25.3 Å². The lowest BCUT2D eigenvalue weighted by atomic mass is 10.1. The largest absolute Gasteiger partial charge is 0.493 e. The second-order valence-electron chi connectivity index (χ2n) is 6.31. The van der Waals surface area contributed by atoms with Crippen molar-refractivity contribution in [3.8, 4) is 11.5 Å². The van der Waals surface area contributed by atoms with Crippen LogP contribution in [0, 0.1) is 0 Å². The van der Waals surface area contributed by atoms with Crippen molar-refractivity contribution in [2.45, 2.75) is 45.6 Å². The van der Waals surface area contributed by atoms with Crippen LogP contribution in [0.2, 0.25) is 0 Å². The van der Waals surface area contributed by atoms with Gasteiger partial charge in [0.15, 0.2) is 11.5 Å². The first-order valence-electron chi connectivity index (χ1n) is 8.53. The van der Waals surface area contributed by atoms with Gasteiger partial charge < -0.3 is 14.4 Å². The number of rotatable bonds is 6. The van der Waals surface area contributed by atoms with Gasteiger partial charge in [-0.05, 0) is 25.8 Å². The molecule has 1 atom stereocenters. The number of nitrogens with zero attached hydrogens (tertiary/aromatic N) is 2. The molecule has 1 aromatic carbocycles. The van der Waals surface area contributed by atoms with Gasteiger partial charge in [0.2, 0.25) is 0 Å². The molecule has 0 fully saturated rings. The highest BCUT2D eigenvalue weighted by molar-refractivity contribution is 6.04. The molecule has 2 heterocycles. The van der Waals surface area contributed by atoms with Gasteiger partial charge in [-0.3, -0.25) is 9.79 Å². The minimum Gasteiger partial charge on any atom is -0.493 e. The van der Waals surface area contributed by atoms with Crippen LogP contribution in [0.15, 0.2) is 28.9 Å². The molecule has 0 bridgehead atoms. The number of carbonyl (C=O) groups excluding carboxylic acids is 1. The van der Waals surface area contributed by atoms with Gasteiger partial charge in [-0.15, -0.1) is 0 Å². The molecule has 1 amide bonds. The van der Waals surface area contributed by atoms with Gasteiger partial charge in [0.25, 0.3) is 5.91 Å². The Labute approximate surface area is 143 Å². The van der Waals surface area contributed by atoms with Gasteiger partial charge >= 0.3 is 0 Å². The molecule has 128 valence electrons. The van der Waals surface area contributed by atoms with Crippen LogP contribution in [-0.4, -0.2) is 36.8 Å². The summed E-state index contributed by atoms with van der Waals surface area (Å²) >= 11 is 0. The fraction of sp³-hybridized carbons (Fsp3) is 0.474. The summed E-state index contributed by atoms with van der Waals surface area (Å²) in [7, 11) is 1.59. The van der Waals surface area contributed by atoms with Crippen molar-refractivity contribution < 1.29 is 14.3 Å². The maximum absolute atomic E-state index is 12.8. The Morgan fingerprint density at radius 1 is 1.29 bits per heavy atom. The molecule has 24 heavy (non-hydrogen) atoms. The van der Waals surface area contributed by atoms with E-state index < -0.39 is 0 Å². The van der Waals surface area contributed by atoms with Crippen molar-refractivity contribution in [1.82, 2.24) is 4.90 Å². The lowest BCUT2D eigenvalue weighted by Gasteiger charge is -2.19. The van der Waals surface area contributed by atoms with E-state index in [2.05, 4.69) is 11.9 Å². The van der Waals surface area contributed by atoms with E-state index in [4.69, 9.17) is 9.47 Å². The predicted molar refractivity (Wildman–Crippen MR) is 94.5 cm³/mol. The number of hydrogen-bond acceptors (Lipinski definition) is 4. The quantitative estimate of drug-likeness (QED) is 0.739. The van der Waals surface area contributed by atoms with E-state index in [0.717, 1.165) is 25.7 Å². The average Bonchev–Trinajstić information content (AvgIpc) is 2.91. The minimum absolute atomic E-state index is 0.00446. The second kappa shape index (κ2) is 7.07. The molecule has 5 heteroatoms. The fourth-order valence-electron chi connectivity index (χ4n) is 3.09. The molecule has 1 aromatic rings. The number of hydrogen-bond donors (Lipinski definition) is 0. The number of unbranched alkanes of at least 4 members (excludes halogenated alkanes) is 2. The van der Waals surface area contributed by atoms with Crippen LogP contribution in [0.3, 0.4) is 0 Å². The van der Waals surface area contributed by atoms with Crippen LogP contribution in [0.4, 0.5) is 5.69 Å². The second-order valence-corrected chi connectivity index (χ2v) is 6.31. The Morgan fingerprint density at radius 2 is 2.12 bits per heavy atom. The molecular weight excluding hydrogens is 304 g/mol. The van der Waals surface area contributed by atoms with E-state index in [1.54, 1.807) is 18.1 Å². The standard InChI is InChI=1S/C19H24N2O3/c1-4-5-6-7-24-18-10-16-15(9-17(18)23-3)19(22)21-12-13(2)8-14(21)11-20-16/h9-12,14H,4-8H2,1-3H3/t14-/m0/s1. The predicted octanol–water partition coefficient (Wildman–Crippen LogP) is 4.10. The molecule has 0 N–H and O–H groups in total. The third-order valence-corrected chi connectivity index (χ3v) is 4.39. The number of methoxy groups -OCH3 is 1. The summed E-state index contributed by atoms with van der Waals surface area (Å²) in [6.45, 7) is 4.83. The van der Waals surface area contributed by atoms with Crippen molar-refractivity contribution in [3.63, 3.8) is 0 Å². The Balaban J connectivity index is 1.90. The van der Waals surface area contributed by atoms with Crippen LogP contribution in [-0.2, 0) is 0 Å². The Hall–Kier alpha value is -2.30. The zero-order valence-electron chi connectivity index (χ0n) is 14.5. The average molecular weight is 328 g/mol. The summed E-state index contributed by atoms with van der Waals surface area (Å²) in [5.41, 5.74) is 2.38. The van der Waals surface area contributed by atoms with Gasteiger partial charge in [0.1, 0.15) is 0 Å². The van der Waals surface area contributed by atoms with Gasteiger partial charge in [-0.25, -0.2) is 0 Å². The summed E-state index contributed by atoms with van der Waals surface area (Å²) in [4.78, 5) is 19.1. The molecule has 0 saturated carbocycles. The van der Waals surface area contributed by atoms with E-state index in [1.807, 2.05) is 25.4 Å². The highest BCUT2D eigenvalue weighted by Crippen LogP contribution is 2.38. The highest BCUT2D eigenvalue weighted by atomic mass is 16.5. The molecule has 0 unspecified atom stereocenters. The molecule has 0 aromatic heterocycles. The molecule has 0 radical (unpaired) electrons. The molecule has 0 aliphatic carbocycles. The lowest BCUT2D eigenvalue weighted by Crippen LogP contribution is -2.32. The summed E-state index contributed by atoms with van der Waals surface area (Å²) in [6, 6.07) is 3.56. The molecule has 0 saturated heterocycles. The SMILES string of the molecule is CCCCCOc1cc2c(cc1OC)C(=O)N1C=C(C)C[C@H]1C=N2. The van der Waals surface area contributed by atoms with Crippen molar-refractivity contribution >= 4 is 17.8 Å². The number of ether oxygens (including phenoxy) is 2. The summed E-state index contributed by atoms with van der Waals surface area (Å²) in [5, 5.41) is 0. The summed E-state index contributed by atoms with van der Waals surface area (Å²) < 4.78 is 11.3. The van der Waals surface area contributed by atoms with Crippen molar-refractivity contribution in [2.24, 2.45) is 4.99 Å². The fourth-order valence-corrected chi connectivity index (χ4v) is 3.09. The summed E-state index contributed by atoms with van der Waals surface area (Å²) in [5.74, 6) is 1.18. The van der Waals surface area contributed by atoms with E-state index in [0.29, 0.717) is 29.4 Å².